The molecule has 4 saturated carbocycles. The van der Waals surface area contributed by atoms with Gasteiger partial charge in [0.05, 0.1) is 30.6 Å². The summed E-state index contributed by atoms with van der Waals surface area (Å²) in [6.07, 6.45) is 18.1. The molecule has 0 aromatic carbocycles. The Balaban J connectivity index is 1.13. The minimum absolute atomic E-state index is 0.0447. The maximum absolute atomic E-state index is 12.7. The zero-order chi connectivity index (χ0) is 37.5. The summed E-state index contributed by atoms with van der Waals surface area (Å²) >= 11 is 0. The molecule has 6 aliphatic carbocycles. The van der Waals surface area contributed by atoms with E-state index >= 15 is 0 Å². The average molecular weight is 739 g/mol. The number of carbonyl (C=O) groups excluding carboxylic acids is 1. The second-order valence-electron chi connectivity index (χ2n) is 20.2. The molecule has 0 amide bonds. The second-order valence-corrected chi connectivity index (χ2v) is 22.5. The van der Waals surface area contributed by atoms with Gasteiger partial charge in [0.1, 0.15) is 0 Å². The first-order chi connectivity index (χ1) is 24.4. The summed E-state index contributed by atoms with van der Waals surface area (Å²) in [5.74, 6) is 3.45. The van der Waals surface area contributed by atoms with E-state index in [9.17, 15) is 18.3 Å². The van der Waals surface area contributed by atoms with Crippen molar-refractivity contribution in [2.45, 2.75) is 124 Å². The third-order valence-corrected chi connectivity index (χ3v) is 19.5. The minimum Gasteiger partial charge on any atom is -0.469 e. The maximum Gasteiger partial charge on any atom is 0.314 e. The van der Waals surface area contributed by atoms with Crippen LogP contribution in [-0.2, 0) is 19.4 Å². The summed E-state index contributed by atoms with van der Waals surface area (Å²) in [7, 11) is -1.43. The molecule has 7 rings (SSSR count). The molecule has 1 unspecified atom stereocenters. The summed E-state index contributed by atoms with van der Waals surface area (Å²) in [5.41, 5.74) is 4.44. The van der Waals surface area contributed by atoms with Crippen LogP contribution in [0.4, 0.5) is 0 Å². The molecule has 5 fully saturated rings. The van der Waals surface area contributed by atoms with E-state index in [-0.39, 0.29) is 39.8 Å². The molecule has 2 N–H and O–H groups in total. The number of nitrogens with one attached hydrogen (secondary N) is 1. The number of fused-ring (bicyclic) bond motifs is 7. The predicted octanol–water partition coefficient (Wildman–Crippen LogP) is 7.51. The molecule has 1 heterocycles. The first-order valence-corrected chi connectivity index (χ1v) is 22.7. The number of rotatable bonds is 8. The molecule has 52 heavy (non-hydrogen) atoms. The number of sulfone groups is 1. The first kappa shape index (κ1) is 38.8. The van der Waals surface area contributed by atoms with Crippen molar-refractivity contribution in [3.8, 4) is 0 Å². The van der Waals surface area contributed by atoms with Gasteiger partial charge in [-0.1, -0.05) is 58.9 Å². The molecule has 7 aliphatic rings. The molecule has 292 valence electrons. The Morgan fingerprint density at radius 2 is 1.67 bits per heavy atom. The number of methoxy groups -OCH3 is 1. The van der Waals surface area contributed by atoms with E-state index in [1.54, 1.807) is 0 Å². The van der Waals surface area contributed by atoms with Crippen LogP contribution < -0.4 is 5.32 Å². The van der Waals surface area contributed by atoms with Crippen LogP contribution in [0.25, 0.3) is 0 Å². The third kappa shape index (κ3) is 5.79. The van der Waals surface area contributed by atoms with Gasteiger partial charge in [-0.15, -0.1) is 0 Å². The molecule has 0 aromatic heterocycles. The van der Waals surface area contributed by atoms with Gasteiger partial charge in [0.2, 0.25) is 0 Å². The SMILES string of the molecule is C=C(C)[C@@H]1CC[C@]2(NCCN3CCS(=O)(=O)CC3)CC[C@]3(C)[C@H](CC[C@@H]4[C@@]5(C)CC=C(C6=CCC(CO)(C(=O)OC)CC6)C(C)(C)[C@@H]5CC[C@]43C)[C@@H]12. The fourth-order valence-corrected chi connectivity index (χ4v) is 16.1. The quantitative estimate of drug-likeness (QED) is 0.197. The van der Waals surface area contributed by atoms with Crippen LogP contribution in [0.15, 0.2) is 35.5 Å². The highest BCUT2D eigenvalue weighted by molar-refractivity contribution is 7.91. The van der Waals surface area contributed by atoms with Gasteiger partial charge in [-0.05, 0) is 146 Å². The highest BCUT2D eigenvalue weighted by atomic mass is 32.2. The van der Waals surface area contributed by atoms with Crippen LogP contribution >= 0.6 is 0 Å². The Kier molecular flexibility index (Phi) is 9.94. The lowest BCUT2D eigenvalue weighted by Gasteiger charge is -2.72. The third-order valence-electron chi connectivity index (χ3n) is 17.9. The van der Waals surface area contributed by atoms with Crippen molar-refractivity contribution in [2.75, 3.05) is 51.4 Å². The van der Waals surface area contributed by atoms with Crippen molar-refractivity contribution in [2.24, 2.45) is 56.7 Å². The number of allylic oxidation sites excluding steroid dienone is 5. The fraction of sp³-hybridized carbons (Fsp3) is 0.841. The summed E-state index contributed by atoms with van der Waals surface area (Å²) in [6, 6.07) is 0. The fourth-order valence-electron chi connectivity index (χ4n) is 14.8. The highest BCUT2D eigenvalue weighted by Gasteiger charge is 2.70. The van der Waals surface area contributed by atoms with Crippen LogP contribution in [0.1, 0.15) is 119 Å². The van der Waals surface area contributed by atoms with Crippen LogP contribution in [0.3, 0.4) is 0 Å². The van der Waals surface area contributed by atoms with Crippen LogP contribution in [-0.4, -0.2) is 81.3 Å². The van der Waals surface area contributed by atoms with Crippen LogP contribution in [0, 0.1) is 56.7 Å². The van der Waals surface area contributed by atoms with Gasteiger partial charge in [-0.3, -0.25) is 4.79 Å². The molecular weight excluding hydrogens is 669 g/mol. The molecule has 1 aliphatic heterocycles. The standard InChI is InChI=1S/C44H70N2O5S/c1-30(2)32-13-20-44(45-23-24-46-25-27-52(49,50)28-26-46)22-21-41(6)34(37(32)44)9-10-36-40(5)16-14-33(39(3,4)35(40)15-17-42(36,41)7)31-11-18-43(29-47,19-12-31)38(48)51-8/h11,14,32,34-37,45,47H,1,9-10,12-13,15-29H2,2-8H3/t32-,34+,35-,36+,37+,40-,41+,42+,43?,44-/m0/s1. The number of hydrogen-bond donors (Lipinski definition) is 2. The molecule has 8 heteroatoms. The van der Waals surface area contributed by atoms with Gasteiger partial charge in [-0.25, -0.2) is 8.42 Å². The van der Waals surface area contributed by atoms with Crippen molar-refractivity contribution in [3.63, 3.8) is 0 Å². The zero-order valence-electron chi connectivity index (χ0n) is 33.6. The lowest BCUT2D eigenvalue weighted by molar-refractivity contribution is -0.221. The lowest BCUT2D eigenvalue weighted by Crippen LogP contribution is -2.68. The van der Waals surface area contributed by atoms with Crippen molar-refractivity contribution in [1.82, 2.24) is 10.2 Å². The molecule has 0 bridgehead atoms. The van der Waals surface area contributed by atoms with Gasteiger partial charge in [0, 0.05) is 31.7 Å². The van der Waals surface area contributed by atoms with E-state index in [1.807, 2.05) is 0 Å². The lowest BCUT2D eigenvalue weighted by atomic mass is 9.33. The number of aliphatic hydroxyl groups excluding tert-OH is 1. The van der Waals surface area contributed by atoms with E-state index in [0.717, 1.165) is 25.9 Å². The first-order valence-electron chi connectivity index (χ1n) is 20.8. The van der Waals surface area contributed by atoms with E-state index in [4.69, 9.17) is 4.74 Å². The molecule has 0 aromatic rings. The van der Waals surface area contributed by atoms with Gasteiger partial charge in [-0.2, -0.15) is 0 Å². The van der Waals surface area contributed by atoms with E-state index < -0.39 is 15.3 Å². The van der Waals surface area contributed by atoms with Gasteiger partial charge >= 0.3 is 5.97 Å². The molecular formula is C44H70N2O5S. The largest absolute Gasteiger partial charge is 0.469 e. The van der Waals surface area contributed by atoms with Gasteiger partial charge in [0.25, 0.3) is 0 Å². The zero-order valence-corrected chi connectivity index (χ0v) is 34.4. The summed E-state index contributed by atoms with van der Waals surface area (Å²) in [4.78, 5) is 15.0. The Bertz CT molecular complexity index is 1600. The average Bonchev–Trinajstić information content (AvgIpc) is 3.49. The number of ether oxygens (including phenoxy) is 1. The predicted molar refractivity (Wildman–Crippen MR) is 209 cm³/mol. The highest BCUT2D eigenvalue weighted by Crippen LogP contribution is 2.76. The Morgan fingerprint density at radius 1 is 0.942 bits per heavy atom. The number of hydrogen-bond acceptors (Lipinski definition) is 7. The van der Waals surface area contributed by atoms with Crippen molar-refractivity contribution in [3.05, 3.63) is 35.5 Å². The van der Waals surface area contributed by atoms with E-state index in [2.05, 4.69) is 70.5 Å². The molecule has 0 radical (unpaired) electrons. The van der Waals surface area contributed by atoms with Gasteiger partial charge in [0.15, 0.2) is 9.84 Å². The van der Waals surface area contributed by atoms with Crippen molar-refractivity contribution >= 4 is 15.8 Å². The summed E-state index contributed by atoms with van der Waals surface area (Å²) in [6.45, 7) is 23.0. The number of aliphatic hydroxyl groups is 1. The normalized spacial score (nSPS) is 45.3. The topological polar surface area (TPSA) is 95.9 Å². The summed E-state index contributed by atoms with van der Waals surface area (Å²) < 4.78 is 29.2. The maximum atomic E-state index is 12.7. The van der Waals surface area contributed by atoms with E-state index in [1.165, 1.54) is 75.2 Å². The van der Waals surface area contributed by atoms with Gasteiger partial charge < -0.3 is 20.1 Å². The van der Waals surface area contributed by atoms with Crippen LogP contribution in [0.2, 0.25) is 0 Å². The Labute approximate surface area is 315 Å². The van der Waals surface area contributed by atoms with Crippen molar-refractivity contribution < 1.29 is 23.1 Å². The number of esters is 1. The number of nitrogens with zero attached hydrogens (tertiary/aromatic N) is 1. The monoisotopic (exact) mass is 739 g/mol. The van der Waals surface area contributed by atoms with E-state index in [0.29, 0.717) is 67.0 Å². The molecule has 1 saturated heterocycles. The Morgan fingerprint density at radius 3 is 2.31 bits per heavy atom. The van der Waals surface area contributed by atoms with Crippen LogP contribution in [0.5, 0.6) is 0 Å². The Hall–Kier alpha value is -1.48. The second kappa shape index (κ2) is 13.3. The van der Waals surface area contributed by atoms with Crippen molar-refractivity contribution in [1.29, 1.82) is 0 Å². The molecule has 10 atom stereocenters. The molecule has 7 nitrogen and oxygen atoms in total. The number of carbonyl (C=O) groups is 1. The molecule has 0 spiro atoms. The summed E-state index contributed by atoms with van der Waals surface area (Å²) in [5, 5.41) is 14.4. The smallest absolute Gasteiger partial charge is 0.314 e. The minimum atomic E-state index is -2.86.